The molecular formula is C17H20ClFN2O. The Balaban J connectivity index is 0.00000242. The summed E-state index contributed by atoms with van der Waals surface area (Å²) in [5, 5.41) is 0. The molecule has 2 aromatic rings. The lowest BCUT2D eigenvalue weighted by Gasteiger charge is -2.23. The molecule has 2 N–H and O–H groups in total. The molecule has 1 unspecified atom stereocenters. The van der Waals surface area contributed by atoms with E-state index in [2.05, 4.69) is 0 Å². The number of halogens is 2. The molecule has 3 nitrogen and oxygen atoms in total. The molecule has 2 aromatic carbocycles. The van der Waals surface area contributed by atoms with Gasteiger partial charge in [-0.05, 0) is 36.8 Å². The maximum absolute atomic E-state index is 13.0. The normalized spacial score (nSPS) is 11.4. The Morgan fingerprint density at radius 2 is 1.73 bits per heavy atom. The summed E-state index contributed by atoms with van der Waals surface area (Å²) in [5.74, 6) is -0.385. The smallest absolute Gasteiger partial charge is 0.228 e. The van der Waals surface area contributed by atoms with Crippen LogP contribution in [0.1, 0.15) is 24.9 Å². The number of rotatable bonds is 5. The number of carbonyl (C=O) groups is 1. The van der Waals surface area contributed by atoms with E-state index in [4.69, 9.17) is 5.73 Å². The van der Waals surface area contributed by atoms with Gasteiger partial charge in [0.15, 0.2) is 0 Å². The fourth-order valence-electron chi connectivity index (χ4n) is 2.24. The Hall–Kier alpha value is -1.91. The van der Waals surface area contributed by atoms with Gasteiger partial charge in [0.2, 0.25) is 5.91 Å². The van der Waals surface area contributed by atoms with Crippen LogP contribution in [0, 0.1) is 5.82 Å². The average molecular weight is 323 g/mol. The molecule has 0 fully saturated rings. The summed E-state index contributed by atoms with van der Waals surface area (Å²) in [6.45, 7) is 2.40. The minimum Gasteiger partial charge on any atom is -0.324 e. The fraction of sp³-hybridized carbons (Fsp3) is 0.235. The van der Waals surface area contributed by atoms with Gasteiger partial charge in [-0.2, -0.15) is 0 Å². The van der Waals surface area contributed by atoms with Crippen LogP contribution in [-0.4, -0.2) is 12.5 Å². The third kappa shape index (κ3) is 4.55. The van der Waals surface area contributed by atoms with E-state index in [0.717, 1.165) is 5.56 Å². The predicted octanol–water partition coefficient (Wildman–Crippen LogP) is 3.69. The van der Waals surface area contributed by atoms with Crippen molar-refractivity contribution in [2.75, 3.05) is 11.4 Å². The molecule has 0 radical (unpaired) electrons. The lowest BCUT2D eigenvalue weighted by Crippen LogP contribution is -2.33. The van der Waals surface area contributed by atoms with Crippen molar-refractivity contribution in [2.45, 2.75) is 19.4 Å². The first-order chi connectivity index (χ1) is 10.1. The highest BCUT2D eigenvalue weighted by molar-refractivity contribution is 5.93. The van der Waals surface area contributed by atoms with Crippen LogP contribution >= 0.6 is 12.4 Å². The molecule has 0 aliphatic heterocycles. The lowest BCUT2D eigenvalue weighted by atomic mass is 10.0. The van der Waals surface area contributed by atoms with Gasteiger partial charge in [0.05, 0.1) is 0 Å². The molecule has 0 heterocycles. The highest BCUT2D eigenvalue weighted by Gasteiger charge is 2.18. The van der Waals surface area contributed by atoms with Crippen molar-refractivity contribution >= 4 is 24.0 Å². The predicted molar refractivity (Wildman–Crippen MR) is 89.7 cm³/mol. The molecule has 5 heteroatoms. The molecule has 0 aliphatic rings. The van der Waals surface area contributed by atoms with Crippen LogP contribution < -0.4 is 10.6 Å². The summed E-state index contributed by atoms with van der Waals surface area (Å²) in [4.78, 5) is 14.0. The van der Waals surface area contributed by atoms with Crippen LogP contribution in [0.25, 0.3) is 0 Å². The first-order valence-electron chi connectivity index (χ1n) is 6.98. The third-order valence-corrected chi connectivity index (χ3v) is 3.38. The van der Waals surface area contributed by atoms with Crippen molar-refractivity contribution < 1.29 is 9.18 Å². The van der Waals surface area contributed by atoms with Crippen LogP contribution in [0.5, 0.6) is 0 Å². The monoisotopic (exact) mass is 322 g/mol. The molecule has 22 heavy (non-hydrogen) atoms. The summed E-state index contributed by atoms with van der Waals surface area (Å²) in [5.41, 5.74) is 7.70. The third-order valence-electron chi connectivity index (χ3n) is 3.38. The van der Waals surface area contributed by atoms with Crippen LogP contribution in [0.3, 0.4) is 0 Å². The highest BCUT2D eigenvalue weighted by atomic mass is 35.5. The van der Waals surface area contributed by atoms with E-state index in [1.165, 1.54) is 12.1 Å². The van der Waals surface area contributed by atoms with E-state index in [-0.39, 0.29) is 36.6 Å². The second-order valence-corrected chi connectivity index (χ2v) is 4.84. The first kappa shape index (κ1) is 18.1. The second kappa shape index (κ2) is 8.51. The topological polar surface area (TPSA) is 46.3 Å². The van der Waals surface area contributed by atoms with E-state index >= 15 is 0 Å². The van der Waals surface area contributed by atoms with Crippen molar-refractivity contribution in [3.8, 4) is 0 Å². The zero-order chi connectivity index (χ0) is 15.2. The van der Waals surface area contributed by atoms with Gasteiger partial charge in [-0.25, -0.2) is 4.39 Å². The van der Waals surface area contributed by atoms with E-state index < -0.39 is 0 Å². The molecule has 0 aliphatic carbocycles. The van der Waals surface area contributed by atoms with Crippen molar-refractivity contribution in [1.82, 2.24) is 0 Å². The molecule has 1 atom stereocenters. The Labute approximate surface area is 136 Å². The number of anilines is 1. The largest absolute Gasteiger partial charge is 0.324 e. The standard InChI is InChI=1S/C17H19FN2O.ClH/c1-2-20(15-10-8-14(18)9-11-15)17(21)12-16(19)13-6-4-3-5-7-13;/h3-11,16H,2,12,19H2,1H3;1H. The van der Waals surface area contributed by atoms with E-state index in [1.54, 1.807) is 17.0 Å². The van der Waals surface area contributed by atoms with Crippen molar-refractivity contribution in [3.63, 3.8) is 0 Å². The first-order valence-corrected chi connectivity index (χ1v) is 6.98. The molecule has 0 aromatic heterocycles. The van der Waals surface area contributed by atoms with Crippen LogP contribution in [0.2, 0.25) is 0 Å². The van der Waals surface area contributed by atoms with Gasteiger partial charge in [-0.3, -0.25) is 4.79 Å². The van der Waals surface area contributed by atoms with Gasteiger partial charge >= 0.3 is 0 Å². The van der Waals surface area contributed by atoms with Gasteiger partial charge in [0, 0.05) is 24.7 Å². The molecule has 0 saturated heterocycles. The zero-order valence-corrected chi connectivity index (χ0v) is 13.2. The van der Waals surface area contributed by atoms with Gasteiger partial charge in [0.1, 0.15) is 5.82 Å². The Morgan fingerprint density at radius 1 is 1.14 bits per heavy atom. The fourth-order valence-corrected chi connectivity index (χ4v) is 2.24. The summed E-state index contributed by atoms with van der Waals surface area (Å²) in [6, 6.07) is 15.1. The summed E-state index contributed by atoms with van der Waals surface area (Å²) in [7, 11) is 0. The Kier molecular flexibility index (Phi) is 7.02. The average Bonchev–Trinajstić information content (AvgIpc) is 2.50. The van der Waals surface area contributed by atoms with Gasteiger partial charge < -0.3 is 10.6 Å². The van der Waals surface area contributed by atoms with E-state index in [0.29, 0.717) is 12.2 Å². The number of hydrogen-bond donors (Lipinski definition) is 1. The summed E-state index contributed by atoms with van der Waals surface area (Å²) < 4.78 is 13.0. The molecule has 0 spiro atoms. The minimum atomic E-state index is -0.340. The van der Waals surface area contributed by atoms with Gasteiger partial charge in [-0.1, -0.05) is 30.3 Å². The Bertz CT molecular complexity index is 589. The number of benzene rings is 2. The Morgan fingerprint density at radius 3 is 2.27 bits per heavy atom. The molecule has 2 rings (SSSR count). The number of nitrogens with zero attached hydrogens (tertiary/aromatic N) is 1. The summed E-state index contributed by atoms with van der Waals surface area (Å²) >= 11 is 0. The SMILES string of the molecule is CCN(C(=O)CC(N)c1ccccc1)c1ccc(F)cc1.Cl. The molecule has 118 valence electrons. The maximum Gasteiger partial charge on any atom is 0.228 e. The van der Waals surface area contributed by atoms with E-state index in [9.17, 15) is 9.18 Å². The van der Waals surface area contributed by atoms with E-state index in [1.807, 2.05) is 37.3 Å². The van der Waals surface area contributed by atoms with Gasteiger partial charge in [0.25, 0.3) is 0 Å². The highest BCUT2D eigenvalue weighted by Crippen LogP contribution is 2.19. The zero-order valence-electron chi connectivity index (χ0n) is 12.4. The van der Waals surface area contributed by atoms with Crippen LogP contribution in [0.4, 0.5) is 10.1 Å². The lowest BCUT2D eigenvalue weighted by molar-refractivity contribution is -0.118. The summed E-state index contributed by atoms with van der Waals surface area (Å²) in [6.07, 6.45) is 0.217. The van der Waals surface area contributed by atoms with Crippen molar-refractivity contribution in [3.05, 3.63) is 66.0 Å². The number of carbonyl (C=O) groups excluding carboxylic acids is 1. The molecular weight excluding hydrogens is 303 g/mol. The second-order valence-electron chi connectivity index (χ2n) is 4.84. The quantitative estimate of drug-likeness (QED) is 0.912. The maximum atomic E-state index is 13.0. The van der Waals surface area contributed by atoms with Crippen molar-refractivity contribution in [1.29, 1.82) is 0 Å². The van der Waals surface area contributed by atoms with Crippen molar-refractivity contribution in [2.24, 2.45) is 5.73 Å². The minimum absolute atomic E-state index is 0. The molecule has 0 bridgehead atoms. The van der Waals surface area contributed by atoms with Crippen LogP contribution in [-0.2, 0) is 4.79 Å². The van der Waals surface area contributed by atoms with Gasteiger partial charge in [-0.15, -0.1) is 12.4 Å². The number of amides is 1. The molecule has 0 saturated carbocycles. The molecule has 1 amide bonds. The number of hydrogen-bond acceptors (Lipinski definition) is 2. The van der Waals surface area contributed by atoms with Crippen LogP contribution in [0.15, 0.2) is 54.6 Å². The number of nitrogens with two attached hydrogens (primary N) is 1.